The van der Waals surface area contributed by atoms with Crippen LogP contribution >= 0.6 is 0 Å². The summed E-state index contributed by atoms with van der Waals surface area (Å²) in [6, 6.07) is 0. The summed E-state index contributed by atoms with van der Waals surface area (Å²) in [7, 11) is -1.74. The predicted molar refractivity (Wildman–Crippen MR) is 64.6 cm³/mol. The summed E-state index contributed by atoms with van der Waals surface area (Å²) in [4.78, 5) is 11.6. The van der Waals surface area contributed by atoms with Gasteiger partial charge in [0, 0.05) is 5.92 Å². The molecule has 0 radical (unpaired) electrons. The first-order valence-corrected chi connectivity index (χ1v) is 9.46. The molecule has 1 fully saturated rings. The second kappa shape index (κ2) is 3.83. The number of halogens is 1. The Morgan fingerprint density at radius 3 is 2.76 bits per heavy atom. The average molecular weight is 258 g/mol. The Labute approximate surface area is 102 Å². The fourth-order valence-corrected chi connectivity index (χ4v) is 3.40. The van der Waals surface area contributed by atoms with Crippen molar-refractivity contribution < 1.29 is 18.3 Å². The van der Waals surface area contributed by atoms with E-state index in [0.29, 0.717) is 12.2 Å². The standard InChI is InChI=1S/C12H19FO3Si/c1-5-15-11(14)12(13)8-6-7-9(10(8)12)16-17(2,3)4/h7-8,10H,5-6H2,1-4H3/t8-,10-,12-/m1/s1. The number of alkyl halides is 1. The van der Waals surface area contributed by atoms with E-state index in [1.54, 1.807) is 6.92 Å². The third-order valence-corrected chi connectivity index (χ3v) is 4.03. The molecule has 2 aliphatic carbocycles. The molecule has 0 aliphatic heterocycles. The zero-order chi connectivity index (χ0) is 12.8. The van der Waals surface area contributed by atoms with Crippen LogP contribution in [0.1, 0.15) is 13.3 Å². The van der Waals surface area contributed by atoms with Gasteiger partial charge in [-0.25, -0.2) is 9.18 Å². The number of fused-ring (bicyclic) bond motifs is 1. The largest absolute Gasteiger partial charge is 0.547 e. The number of hydrogen-bond acceptors (Lipinski definition) is 3. The van der Waals surface area contributed by atoms with Crippen molar-refractivity contribution in [3.63, 3.8) is 0 Å². The number of carbonyl (C=O) groups is 1. The maximum atomic E-state index is 14.4. The molecule has 0 aromatic carbocycles. The third-order valence-electron chi connectivity index (χ3n) is 3.18. The summed E-state index contributed by atoms with van der Waals surface area (Å²) >= 11 is 0. The van der Waals surface area contributed by atoms with Gasteiger partial charge in [-0.15, -0.1) is 0 Å². The van der Waals surface area contributed by atoms with Crippen molar-refractivity contribution in [3.8, 4) is 0 Å². The van der Waals surface area contributed by atoms with Gasteiger partial charge in [-0.3, -0.25) is 0 Å². The van der Waals surface area contributed by atoms with Crippen LogP contribution in [0.4, 0.5) is 4.39 Å². The van der Waals surface area contributed by atoms with Gasteiger partial charge < -0.3 is 9.16 Å². The van der Waals surface area contributed by atoms with E-state index >= 15 is 0 Å². The smallest absolute Gasteiger partial charge is 0.345 e. The van der Waals surface area contributed by atoms with Crippen molar-refractivity contribution in [2.75, 3.05) is 6.61 Å². The van der Waals surface area contributed by atoms with Crippen LogP contribution in [0.2, 0.25) is 19.6 Å². The van der Waals surface area contributed by atoms with E-state index in [1.165, 1.54) is 0 Å². The van der Waals surface area contributed by atoms with Crippen LogP contribution in [-0.2, 0) is 14.0 Å². The van der Waals surface area contributed by atoms with Gasteiger partial charge in [-0.05, 0) is 39.1 Å². The number of esters is 1. The zero-order valence-electron chi connectivity index (χ0n) is 10.7. The number of carbonyl (C=O) groups excluding carboxylic acids is 1. The van der Waals surface area contributed by atoms with Gasteiger partial charge in [0.15, 0.2) is 0 Å². The Morgan fingerprint density at radius 1 is 1.59 bits per heavy atom. The second-order valence-corrected chi connectivity index (χ2v) is 10.1. The highest BCUT2D eigenvalue weighted by Crippen LogP contribution is 2.64. The van der Waals surface area contributed by atoms with Gasteiger partial charge in [-0.1, -0.05) is 0 Å². The molecular formula is C12H19FO3Si. The Hall–Kier alpha value is -0.843. The van der Waals surface area contributed by atoms with Gasteiger partial charge in [-0.2, -0.15) is 0 Å². The second-order valence-electron chi connectivity index (χ2n) is 5.63. The molecule has 1 saturated carbocycles. The molecule has 0 aromatic heterocycles. The van der Waals surface area contributed by atoms with Crippen LogP contribution in [0.3, 0.4) is 0 Å². The lowest BCUT2D eigenvalue weighted by atomic mass is 10.2. The minimum Gasteiger partial charge on any atom is -0.547 e. The SMILES string of the molecule is CCOC(=O)[C@@]1(F)[C@@H]2CC=C(O[Si](C)(C)C)[C@@H]21. The van der Waals surface area contributed by atoms with Crippen LogP contribution in [0.15, 0.2) is 11.8 Å². The highest BCUT2D eigenvalue weighted by molar-refractivity contribution is 6.70. The lowest BCUT2D eigenvalue weighted by molar-refractivity contribution is -0.152. The van der Waals surface area contributed by atoms with E-state index in [9.17, 15) is 9.18 Å². The molecule has 0 spiro atoms. The van der Waals surface area contributed by atoms with Crippen molar-refractivity contribution in [3.05, 3.63) is 11.8 Å². The van der Waals surface area contributed by atoms with E-state index in [4.69, 9.17) is 9.16 Å². The molecule has 0 unspecified atom stereocenters. The van der Waals surface area contributed by atoms with Gasteiger partial charge in [0.1, 0.15) is 0 Å². The first-order chi connectivity index (χ1) is 7.80. The Balaban J connectivity index is 2.06. The lowest BCUT2D eigenvalue weighted by Gasteiger charge is -2.22. The number of rotatable bonds is 4. The Morgan fingerprint density at radius 2 is 2.24 bits per heavy atom. The molecule has 0 amide bonds. The molecule has 17 heavy (non-hydrogen) atoms. The van der Waals surface area contributed by atoms with Gasteiger partial charge >= 0.3 is 5.97 Å². The molecular weight excluding hydrogens is 239 g/mol. The van der Waals surface area contributed by atoms with Crippen LogP contribution in [-0.4, -0.2) is 26.6 Å². The molecule has 0 aromatic rings. The summed E-state index contributed by atoms with van der Waals surface area (Å²) in [5, 5.41) is 0. The van der Waals surface area contributed by atoms with E-state index in [2.05, 4.69) is 0 Å². The molecule has 96 valence electrons. The van der Waals surface area contributed by atoms with Crippen LogP contribution in [0.25, 0.3) is 0 Å². The molecule has 2 aliphatic rings. The van der Waals surface area contributed by atoms with Crippen molar-refractivity contribution in [1.82, 2.24) is 0 Å². The van der Waals surface area contributed by atoms with Crippen molar-refractivity contribution >= 4 is 14.3 Å². The molecule has 0 saturated heterocycles. The summed E-state index contributed by atoms with van der Waals surface area (Å²) in [6.45, 7) is 8.06. The minimum atomic E-state index is -1.82. The maximum absolute atomic E-state index is 14.4. The van der Waals surface area contributed by atoms with Crippen molar-refractivity contribution in [2.24, 2.45) is 11.8 Å². The van der Waals surface area contributed by atoms with Gasteiger partial charge in [0.05, 0.1) is 18.3 Å². The minimum absolute atomic E-state index is 0.220. The number of allylic oxidation sites excluding steroid dienone is 2. The molecule has 0 N–H and O–H groups in total. The molecule has 2 rings (SSSR count). The molecule has 0 bridgehead atoms. The summed E-state index contributed by atoms with van der Waals surface area (Å²) < 4.78 is 25.1. The molecule has 0 heterocycles. The first kappa shape index (κ1) is 12.6. The topological polar surface area (TPSA) is 35.5 Å². The first-order valence-electron chi connectivity index (χ1n) is 6.06. The fourth-order valence-electron chi connectivity index (χ4n) is 2.49. The van der Waals surface area contributed by atoms with E-state index in [1.807, 2.05) is 25.7 Å². The zero-order valence-corrected chi connectivity index (χ0v) is 11.7. The van der Waals surface area contributed by atoms with E-state index in [-0.39, 0.29) is 12.5 Å². The highest BCUT2D eigenvalue weighted by Gasteiger charge is 2.76. The average Bonchev–Trinajstić information content (AvgIpc) is 2.57. The van der Waals surface area contributed by atoms with Crippen LogP contribution in [0, 0.1) is 11.8 Å². The number of hydrogen-bond donors (Lipinski definition) is 0. The predicted octanol–water partition coefficient (Wildman–Crippen LogP) is 2.64. The summed E-state index contributed by atoms with van der Waals surface area (Å²) in [5.74, 6) is -0.703. The Bertz CT molecular complexity index is 374. The highest BCUT2D eigenvalue weighted by atomic mass is 28.4. The molecule has 3 atom stereocenters. The van der Waals surface area contributed by atoms with Crippen LogP contribution < -0.4 is 0 Å². The number of ether oxygens (including phenoxy) is 1. The molecule has 5 heteroatoms. The van der Waals surface area contributed by atoms with E-state index < -0.39 is 25.9 Å². The maximum Gasteiger partial charge on any atom is 0.345 e. The van der Waals surface area contributed by atoms with Crippen molar-refractivity contribution in [1.29, 1.82) is 0 Å². The lowest BCUT2D eigenvalue weighted by Crippen LogP contribution is -2.29. The van der Waals surface area contributed by atoms with Crippen molar-refractivity contribution in [2.45, 2.75) is 38.7 Å². The normalized spacial score (nSPS) is 35.0. The summed E-state index contributed by atoms with van der Waals surface area (Å²) in [6.07, 6.45) is 2.50. The van der Waals surface area contributed by atoms with Crippen LogP contribution in [0.5, 0.6) is 0 Å². The molecule has 3 nitrogen and oxygen atoms in total. The summed E-state index contributed by atoms with van der Waals surface area (Å²) in [5.41, 5.74) is -1.82. The monoisotopic (exact) mass is 258 g/mol. The van der Waals surface area contributed by atoms with Gasteiger partial charge in [0.25, 0.3) is 0 Å². The van der Waals surface area contributed by atoms with Gasteiger partial charge in [0.2, 0.25) is 14.0 Å². The quantitative estimate of drug-likeness (QED) is 0.574. The Kier molecular flexibility index (Phi) is 2.84. The third kappa shape index (κ3) is 2.01. The fraction of sp³-hybridized carbons (Fsp3) is 0.750. The van der Waals surface area contributed by atoms with E-state index in [0.717, 1.165) is 0 Å².